The number of phosphoric ester groups is 1. The molecule has 1 aromatic rings. The number of ether oxygens (including phenoxy) is 1. The molecule has 0 spiro atoms. The van der Waals surface area contributed by atoms with Gasteiger partial charge in [0.25, 0.3) is 5.56 Å². The highest BCUT2D eigenvalue weighted by Crippen LogP contribution is 2.66. The van der Waals surface area contributed by atoms with Gasteiger partial charge >= 0.3 is 29.2 Å². The van der Waals surface area contributed by atoms with Crippen molar-refractivity contribution in [3.8, 4) is 0 Å². The Labute approximate surface area is 178 Å². The quantitative estimate of drug-likeness (QED) is 0.132. The molecule has 6 atom stereocenters. The van der Waals surface area contributed by atoms with Crippen LogP contribution in [-0.2, 0) is 37.3 Å². The van der Waals surface area contributed by atoms with Crippen LogP contribution < -0.4 is 17.0 Å². The Bertz CT molecular complexity index is 1110. The fourth-order valence-electron chi connectivity index (χ4n) is 2.93. The van der Waals surface area contributed by atoms with Crippen LogP contribution in [0.2, 0.25) is 0 Å². The maximum Gasteiger partial charge on any atom is 0.490 e. The van der Waals surface area contributed by atoms with Gasteiger partial charge in [0.1, 0.15) is 12.2 Å². The SMILES string of the molecule is C=CC[C@@]1(n2ccc(=O)[nH]c2=O)O[C@H](COP(=O)(O)OP(=O)(O)OP(=O)(O)O)[C@@H](O)[C@H]1N. The Morgan fingerprint density at radius 3 is 2.38 bits per heavy atom. The zero-order valence-corrected chi connectivity index (χ0v) is 18.5. The third kappa shape index (κ3) is 6.40. The van der Waals surface area contributed by atoms with E-state index in [0.29, 0.717) is 0 Å². The van der Waals surface area contributed by atoms with Crippen LogP contribution in [0.1, 0.15) is 6.42 Å². The van der Waals surface area contributed by atoms with E-state index in [2.05, 4.69) is 19.7 Å². The van der Waals surface area contributed by atoms with Crippen molar-refractivity contribution in [1.29, 1.82) is 0 Å². The summed E-state index contributed by atoms with van der Waals surface area (Å²) in [5.74, 6) is 0. The monoisotopic (exact) mass is 523 g/mol. The van der Waals surface area contributed by atoms with Crippen LogP contribution in [0.3, 0.4) is 0 Å². The summed E-state index contributed by atoms with van der Waals surface area (Å²) in [6, 6.07) is -0.382. The average Bonchev–Trinajstić information content (AvgIpc) is 2.83. The summed E-state index contributed by atoms with van der Waals surface area (Å²) in [6.07, 6.45) is -1.01. The molecule has 0 amide bonds. The second-order valence-electron chi connectivity index (χ2n) is 6.38. The highest BCUT2D eigenvalue weighted by molar-refractivity contribution is 7.66. The van der Waals surface area contributed by atoms with Crippen molar-refractivity contribution in [2.24, 2.45) is 5.73 Å². The predicted molar refractivity (Wildman–Crippen MR) is 103 cm³/mol. The number of nitrogens with zero attached hydrogens (tertiary/aromatic N) is 1. The minimum Gasteiger partial charge on any atom is -0.388 e. The number of nitrogens with one attached hydrogen (secondary N) is 1. The van der Waals surface area contributed by atoms with Crippen molar-refractivity contribution in [3.63, 3.8) is 0 Å². The molecule has 2 heterocycles. The van der Waals surface area contributed by atoms with Gasteiger partial charge in [-0.2, -0.15) is 8.62 Å². The zero-order valence-electron chi connectivity index (χ0n) is 15.9. The number of aromatic nitrogens is 2. The third-order valence-corrected chi connectivity index (χ3v) is 7.91. The molecule has 1 fully saturated rings. The molecular formula is C12H20N3O14P3. The van der Waals surface area contributed by atoms with Crippen molar-refractivity contribution in [1.82, 2.24) is 9.55 Å². The first-order valence-electron chi connectivity index (χ1n) is 8.35. The molecule has 8 N–H and O–H groups in total. The Balaban J connectivity index is 2.23. The molecule has 0 radical (unpaired) electrons. The van der Waals surface area contributed by atoms with Crippen LogP contribution in [0.15, 0.2) is 34.5 Å². The molecule has 0 saturated carbocycles. The van der Waals surface area contributed by atoms with Gasteiger partial charge in [-0.05, 0) is 0 Å². The first-order valence-corrected chi connectivity index (χ1v) is 12.9. The van der Waals surface area contributed by atoms with Crippen molar-refractivity contribution < 1.29 is 56.3 Å². The third-order valence-electron chi connectivity index (χ3n) is 4.11. The van der Waals surface area contributed by atoms with Gasteiger partial charge in [-0.1, -0.05) is 6.08 Å². The van der Waals surface area contributed by atoms with Gasteiger partial charge in [0.15, 0.2) is 5.72 Å². The number of phosphoric acid groups is 3. The van der Waals surface area contributed by atoms with E-state index in [0.717, 1.165) is 16.8 Å². The number of aromatic amines is 1. The number of rotatable bonds is 10. The van der Waals surface area contributed by atoms with Crippen molar-refractivity contribution in [2.75, 3.05) is 6.61 Å². The zero-order chi connectivity index (χ0) is 24.5. The molecule has 20 heteroatoms. The van der Waals surface area contributed by atoms with Crippen LogP contribution in [0.25, 0.3) is 0 Å². The molecular weight excluding hydrogens is 503 g/mol. The van der Waals surface area contributed by atoms with Gasteiger partial charge < -0.3 is 35.2 Å². The Morgan fingerprint density at radius 1 is 1.22 bits per heavy atom. The van der Waals surface area contributed by atoms with E-state index in [1.807, 2.05) is 4.98 Å². The smallest absolute Gasteiger partial charge is 0.388 e. The van der Waals surface area contributed by atoms with Crippen LogP contribution >= 0.6 is 23.5 Å². The summed E-state index contributed by atoms with van der Waals surface area (Å²) in [5.41, 5.74) is 2.51. The Hall–Kier alpha value is -1.29. The normalized spacial score (nSPS) is 29.9. The molecule has 32 heavy (non-hydrogen) atoms. The van der Waals surface area contributed by atoms with Crippen molar-refractivity contribution in [2.45, 2.75) is 30.4 Å². The molecule has 0 bridgehead atoms. The number of hydrogen-bond acceptors (Lipinski definition) is 11. The summed E-state index contributed by atoms with van der Waals surface area (Å²) in [7, 11) is -16.8. The number of hydrogen-bond donors (Lipinski definition) is 7. The van der Waals surface area contributed by atoms with E-state index < -0.39 is 65.3 Å². The van der Waals surface area contributed by atoms with Gasteiger partial charge in [-0.3, -0.25) is 18.9 Å². The summed E-state index contributed by atoms with van der Waals surface area (Å²) < 4.78 is 52.0. The topological polar surface area (TPSA) is 270 Å². The summed E-state index contributed by atoms with van der Waals surface area (Å²) in [5, 5.41) is 10.4. The lowest BCUT2D eigenvalue weighted by atomic mass is 9.97. The van der Waals surface area contributed by atoms with Gasteiger partial charge in [-0.25, -0.2) is 18.5 Å². The highest BCUT2D eigenvalue weighted by atomic mass is 31.3. The molecule has 17 nitrogen and oxygen atoms in total. The van der Waals surface area contributed by atoms with E-state index >= 15 is 0 Å². The average molecular weight is 523 g/mol. The van der Waals surface area contributed by atoms with E-state index in [1.165, 1.54) is 6.08 Å². The minimum absolute atomic E-state index is 0.178. The van der Waals surface area contributed by atoms with E-state index in [9.17, 15) is 33.3 Å². The van der Waals surface area contributed by atoms with Crippen molar-refractivity contribution in [3.05, 3.63) is 45.8 Å². The lowest BCUT2D eigenvalue weighted by molar-refractivity contribution is -0.120. The highest BCUT2D eigenvalue weighted by Gasteiger charge is 2.55. The Kier molecular flexibility index (Phi) is 8.02. The first-order chi connectivity index (χ1) is 14.5. The van der Waals surface area contributed by atoms with Crippen LogP contribution in [-0.4, -0.2) is 59.1 Å². The molecule has 0 aliphatic carbocycles. The standard InChI is InChI=1S/C12H20N3O14P3/c1-2-4-12(15-5-3-8(16)14-11(15)18)10(13)9(17)7(27-12)6-26-31(22,23)29-32(24,25)28-30(19,20)21/h2-3,5,7,9-10,17H,1,4,6,13H2,(H,22,23)(H,24,25)(H,14,16,18)(H2,19,20,21)/t7-,9-,10-,12-/m1/s1. The van der Waals surface area contributed by atoms with Gasteiger partial charge in [0.2, 0.25) is 0 Å². The second kappa shape index (κ2) is 9.52. The summed E-state index contributed by atoms with van der Waals surface area (Å²) >= 11 is 0. The van der Waals surface area contributed by atoms with Gasteiger partial charge in [0, 0.05) is 18.7 Å². The molecule has 182 valence electrons. The molecule has 1 aliphatic rings. The Morgan fingerprint density at radius 2 is 1.84 bits per heavy atom. The number of aliphatic hydroxyl groups excluding tert-OH is 1. The fraction of sp³-hybridized carbons (Fsp3) is 0.500. The van der Waals surface area contributed by atoms with Crippen LogP contribution in [0, 0.1) is 0 Å². The predicted octanol–water partition coefficient (Wildman–Crippen LogP) is -1.80. The molecule has 1 aliphatic heterocycles. The lowest BCUT2D eigenvalue weighted by Gasteiger charge is -2.33. The molecule has 2 rings (SSSR count). The lowest BCUT2D eigenvalue weighted by Crippen LogP contribution is -2.55. The van der Waals surface area contributed by atoms with Gasteiger partial charge in [-0.15, -0.1) is 6.58 Å². The summed E-state index contributed by atoms with van der Waals surface area (Å²) in [6.45, 7) is 2.50. The molecule has 0 aromatic carbocycles. The number of aliphatic hydroxyl groups is 1. The molecule has 2 unspecified atom stereocenters. The van der Waals surface area contributed by atoms with E-state index in [4.69, 9.17) is 25.2 Å². The number of H-pyrrole nitrogens is 1. The fourth-order valence-corrected chi connectivity index (χ4v) is 5.96. The largest absolute Gasteiger partial charge is 0.490 e. The minimum atomic E-state index is -5.74. The summed E-state index contributed by atoms with van der Waals surface area (Å²) in [4.78, 5) is 61.3. The maximum atomic E-state index is 12.2. The van der Waals surface area contributed by atoms with E-state index in [-0.39, 0.29) is 6.42 Å². The maximum absolute atomic E-state index is 12.2. The van der Waals surface area contributed by atoms with E-state index in [1.54, 1.807) is 0 Å². The number of nitrogens with two attached hydrogens (primary N) is 1. The molecule has 1 aromatic heterocycles. The van der Waals surface area contributed by atoms with Crippen LogP contribution in [0.5, 0.6) is 0 Å². The van der Waals surface area contributed by atoms with Crippen LogP contribution in [0.4, 0.5) is 0 Å². The first kappa shape index (κ1) is 27.0. The molecule has 1 saturated heterocycles. The van der Waals surface area contributed by atoms with Gasteiger partial charge in [0.05, 0.1) is 12.6 Å². The van der Waals surface area contributed by atoms with Crippen molar-refractivity contribution >= 4 is 23.5 Å². The second-order valence-corrected chi connectivity index (χ2v) is 10.8.